The highest BCUT2D eigenvalue weighted by molar-refractivity contribution is 7.91. The van der Waals surface area contributed by atoms with Crippen LogP contribution < -0.4 is 24.8 Å². The van der Waals surface area contributed by atoms with E-state index in [-0.39, 0.29) is 42.9 Å². The first kappa shape index (κ1) is 31.8. The average molecular weight is 717 g/mol. The molecule has 4 amide bonds. The lowest BCUT2D eigenvalue weighted by molar-refractivity contribution is -0.142. The van der Waals surface area contributed by atoms with Gasteiger partial charge in [0.2, 0.25) is 27.7 Å². The van der Waals surface area contributed by atoms with Gasteiger partial charge in [-0.3, -0.25) is 19.1 Å². The summed E-state index contributed by atoms with van der Waals surface area (Å²) in [4.78, 5) is 60.1. The summed E-state index contributed by atoms with van der Waals surface area (Å²) in [5.41, 5.74) is -1.50. The fourth-order valence-electron chi connectivity index (χ4n) is 7.63. The highest BCUT2D eigenvalue weighted by atomic mass is 32.2. The SMILES string of the molecule is [2H]C([2H])([2H])Oc1cnc(O[C@@H]2C[C@H]3C(=O)N[C@]4(C(=O)NS(=O)(=O)C5(C)CC5)C[C@H]4CCCC[C@H](C)C[C@@H](C)[C@H](NC(=O)O)C(=O)N3C2)c2ccccc12. The summed E-state index contributed by atoms with van der Waals surface area (Å²) in [6.45, 7) is 5.25. The molecule has 7 atom stereocenters. The number of rotatable bonds is 7. The van der Waals surface area contributed by atoms with E-state index in [2.05, 4.69) is 20.3 Å². The molecule has 2 saturated heterocycles. The van der Waals surface area contributed by atoms with Crippen molar-refractivity contribution in [1.82, 2.24) is 25.2 Å². The Morgan fingerprint density at radius 3 is 2.54 bits per heavy atom. The van der Waals surface area contributed by atoms with Gasteiger partial charge in [0.1, 0.15) is 29.5 Å². The number of pyridine rings is 1. The van der Waals surface area contributed by atoms with E-state index in [0.29, 0.717) is 36.5 Å². The largest absolute Gasteiger partial charge is 0.494 e. The van der Waals surface area contributed by atoms with Crippen LogP contribution in [0.15, 0.2) is 30.5 Å². The number of carbonyl (C=O) groups excluding carboxylic acids is 3. The zero-order valence-electron chi connectivity index (χ0n) is 31.4. The van der Waals surface area contributed by atoms with Crippen LogP contribution in [0.5, 0.6) is 11.6 Å². The number of fused-ring (bicyclic) bond motifs is 3. The number of carbonyl (C=O) groups is 4. The number of nitrogens with one attached hydrogen (secondary N) is 3. The van der Waals surface area contributed by atoms with Crippen LogP contribution in [0, 0.1) is 17.8 Å². The molecule has 50 heavy (non-hydrogen) atoms. The molecule has 0 spiro atoms. The van der Waals surface area contributed by atoms with E-state index in [1.807, 2.05) is 6.92 Å². The molecule has 4 fully saturated rings. The molecule has 0 unspecified atom stereocenters. The summed E-state index contributed by atoms with van der Waals surface area (Å²) in [5, 5.41) is 15.8. The Morgan fingerprint density at radius 2 is 1.84 bits per heavy atom. The van der Waals surface area contributed by atoms with Gasteiger partial charge >= 0.3 is 6.09 Å². The first-order valence-electron chi connectivity index (χ1n) is 18.7. The molecule has 2 aliphatic carbocycles. The lowest BCUT2D eigenvalue weighted by atomic mass is 9.87. The monoisotopic (exact) mass is 716 g/mol. The predicted octanol–water partition coefficient (Wildman–Crippen LogP) is 3.34. The number of sulfonamides is 1. The second-order valence-electron chi connectivity index (χ2n) is 14.8. The Bertz CT molecular complexity index is 1890. The zero-order chi connectivity index (χ0) is 38.5. The summed E-state index contributed by atoms with van der Waals surface area (Å²) in [6.07, 6.45) is 3.43. The summed E-state index contributed by atoms with van der Waals surface area (Å²) in [7, 11) is -6.74. The average Bonchev–Trinajstić information content (AvgIpc) is 3.95. The highest BCUT2D eigenvalue weighted by Crippen LogP contribution is 2.49. The number of ether oxygens (including phenoxy) is 2. The van der Waals surface area contributed by atoms with Crippen molar-refractivity contribution in [1.29, 1.82) is 0 Å². The number of hydrogen-bond donors (Lipinski definition) is 4. The van der Waals surface area contributed by atoms with Crippen molar-refractivity contribution in [3.63, 3.8) is 0 Å². The van der Waals surface area contributed by atoms with Crippen molar-refractivity contribution < 1.29 is 46.3 Å². The van der Waals surface area contributed by atoms with Crippen molar-refractivity contribution in [2.45, 2.75) is 107 Å². The van der Waals surface area contributed by atoms with Gasteiger partial charge in [0.25, 0.3) is 5.91 Å². The first-order chi connectivity index (χ1) is 24.8. The second-order valence-corrected chi connectivity index (χ2v) is 17.0. The van der Waals surface area contributed by atoms with Crippen molar-refractivity contribution in [2.75, 3.05) is 13.6 Å². The minimum Gasteiger partial charge on any atom is -0.494 e. The number of methoxy groups -OCH3 is 1. The van der Waals surface area contributed by atoms with E-state index in [1.165, 1.54) is 11.1 Å². The van der Waals surface area contributed by atoms with E-state index in [0.717, 1.165) is 19.3 Å². The number of nitrogens with zero attached hydrogens (tertiary/aromatic N) is 2. The van der Waals surface area contributed by atoms with Crippen molar-refractivity contribution >= 4 is 44.6 Å². The normalized spacial score (nSPS) is 32.4. The quantitative estimate of drug-likeness (QED) is 0.330. The fourth-order valence-corrected chi connectivity index (χ4v) is 8.94. The van der Waals surface area contributed by atoms with Gasteiger partial charge in [0, 0.05) is 17.2 Å². The predicted molar refractivity (Wildman–Crippen MR) is 183 cm³/mol. The summed E-state index contributed by atoms with van der Waals surface area (Å²) in [6, 6.07) is 4.30. The molecule has 4 aliphatic rings. The molecule has 6 rings (SSSR count). The van der Waals surface area contributed by atoms with E-state index in [4.69, 9.17) is 13.6 Å². The van der Waals surface area contributed by atoms with Crippen molar-refractivity contribution in [3.05, 3.63) is 30.5 Å². The van der Waals surface area contributed by atoms with Gasteiger partial charge in [0.05, 0.1) is 28.6 Å². The topological polar surface area (TPSA) is 193 Å². The molecule has 14 nitrogen and oxygen atoms in total. The molecule has 2 aliphatic heterocycles. The Balaban J connectivity index is 1.33. The molecule has 0 radical (unpaired) electrons. The molecule has 1 aromatic heterocycles. The molecule has 4 N–H and O–H groups in total. The van der Waals surface area contributed by atoms with Crippen LogP contribution in [-0.2, 0) is 24.4 Å². The van der Waals surface area contributed by atoms with Crippen LogP contribution in [0.3, 0.4) is 0 Å². The molecular weight excluding hydrogens is 666 g/mol. The lowest BCUT2D eigenvalue weighted by Gasteiger charge is -2.32. The zero-order valence-corrected chi connectivity index (χ0v) is 29.3. The lowest BCUT2D eigenvalue weighted by Crippen LogP contribution is -2.59. The molecule has 2 saturated carbocycles. The summed E-state index contributed by atoms with van der Waals surface area (Å²) < 4.78 is 61.5. The maximum absolute atomic E-state index is 14.4. The van der Waals surface area contributed by atoms with Crippen molar-refractivity contribution in [2.24, 2.45) is 17.8 Å². The third-order valence-electron chi connectivity index (χ3n) is 11.0. The third-order valence-corrected chi connectivity index (χ3v) is 13.2. The van der Waals surface area contributed by atoms with Gasteiger partial charge < -0.3 is 30.1 Å². The number of amides is 4. The van der Waals surface area contributed by atoms with Crippen LogP contribution in [0.4, 0.5) is 4.79 Å². The molecular formula is C35H47N5O9S. The van der Waals surface area contributed by atoms with Gasteiger partial charge in [0.15, 0.2) is 0 Å². The molecule has 3 heterocycles. The number of hydrogen-bond acceptors (Lipinski definition) is 9. The van der Waals surface area contributed by atoms with Crippen molar-refractivity contribution in [3.8, 4) is 11.6 Å². The summed E-state index contributed by atoms with van der Waals surface area (Å²) in [5.74, 6) is -2.65. The minimum atomic E-state index is -4.01. The van der Waals surface area contributed by atoms with Crippen LogP contribution in [0.2, 0.25) is 0 Å². The standard InChI is InChI=1S/C35H47N5O9S/c1-20-9-5-6-10-22-17-35(22,32(43)39-50(46,47)34(3)13-14-34)38-29(41)26-16-23(19-40(26)31(42)28(21(2)15-20)37-33(44)45)49-30-25-12-8-7-11-24(25)27(48-4)18-36-30/h7-8,11-12,18,20-23,26,28,37H,5-6,9-10,13-17,19H2,1-4H3,(H,38,41)(H,39,43)(H,44,45)/t20-,21+,22+,23+,26-,28-,35+/m0/s1/i4D3. The van der Waals surface area contributed by atoms with Gasteiger partial charge in [-0.1, -0.05) is 51.3 Å². The van der Waals surface area contributed by atoms with Gasteiger partial charge in [-0.15, -0.1) is 0 Å². The van der Waals surface area contributed by atoms with E-state index in [9.17, 15) is 32.7 Å². The molecule has 15 heteroatoms. The second kappa shape index (κ2) is 13.5. The number of benzene rings is 1. The van der Waals surface area contributed by atoms with Gasteiger partial charge in [-0.25, -0.2) is 18.2 Å². The smallest absolute Gasteiger partial charge is 0.405 e. The van der Waals surface area contributed by atoms with E-state index in [1.54, 1.807) is 38.1 Å². The van der Waals surface area contributed by atoms with E-state index < -0.39 is 75.3 Å². The van der Waals surface area contributed by atoms with Gasteiger partial charge in [-0.2, -0.15) is 0 Å². The maximum Gasteiger partial charge on any atom is 0.405 e. The molecule has 272 valence electrons. The first-order valence-corrected chi connectivity index (χ1v) is 18.7. The van der Waals surface area contributed by atoms with Crippen LogP contribution in [0.1, 0.15) is 82.7 Å². The number of carboxylic acid groups (broad SMARTS) is 1. The Kier molecular flexibility index (Phi) is 8.61. The maximum atomic E-state index is 14.4. The van der Waals surface area contributed by atoms with Crippen LogP contribution >= 0.6 is 0 Å². The Morgan fingerprint density at radius 1 is 1.12 bits per heavy atom. The fraction of sp³-hybridized carbons (Fsp3) is 0.629. The van der Waals surface area contributed by atoms with Gasteiger partial charge in [-0.05, 0) is 62.8 Å². The summed E-state index contributed by atoms with van der Waals surface area (Å²) >= 11 is 0. The third kappa shape index (κ3) is 6.93. The Hall–Kier alpha value is -4.14. The number of aromatic nitrogens is 1. The van der Waals surface area contributed by atoms with E-state index >= 15 is 0 Å². The minimum absolute atomic E-state index is 0.00708. The van der Waals surface area contributed by atoms with Crippen LogP contribution in [-0.4, -0.2) is 89.3 Å². The highest BCUT2D eigenvalue weighted by Gasteiger charge is 2.63. The molecule has 1 aromatic carbocycles. The Labute approximate surface area is 296 Å². The van der Waals surface area contributed by atoms with Crippen LogP contribution in [0.25, 0.3) is 10.8 Å². The molecule has 2 aromatic rings. The molecule has 0 bridgehead atoms.